The van der Waals surface area contributed by atoms with Crippen molar-refractivity contribution in [2.24, 2.45) is 0 Å². The molecule has 0 fully saturated rings. The van der Waals surface area contributed by atoms with Gasteiger partial charge in [-0.1, -0.05) is 6.07 Å². The first-order valence-electron chi connectivity index (χ1n) is 7.59. The van der Waals surface area contributed by atoms with Crippen LogP contribution in [0.3, 0.4) is 0 Å². The number of hydrogen-bond acceptors (Lipinski definition) is 5. The summed E-state index contributed by atoms with van der Waals surface area (Å²) < 4.78 is 5.06. The third kappa shape index (κ3) is 3.56. The quantitative estimate of drug-likeness (QED) is 0.663. The van der Waals surface area contributed by atoms with Crippen LogP contribution in [0.4, 0.5) is 0 Å². The van der Waals surface area contributed by atoms with Crippen LogP contribution in [-0.2, 0) is 4.74 Å². The van der Waals surface area contributed by atoms with Crippen molar-refractivity contribution in [1.29, 1.82) is 0 Å². The molecule has 0 spiro atoms. The molecule has 0 atom stereocenters. The van der Waals surface area contributed by atoms with Crippen LogP contribution in [0.25, 0.3) is 0 Å². The van der Waals surface area contributed by atoms with E-state index in [0.29, 0.717) is 5.56 Å². The molecule has 2 N–H and O–H groups in total. The van der Waals surface area contributed by atoms with Gasteiger partial charge >= 0.3 is 5.97 Å². The summed E-state index contributed by atoms with van der Waals surface area (Å²) in [5, 5.41) is 20.0. The number of rotatable bonds is 4. The fraction of sp³-hybridized carbons (Fsp3) is 0.263. The number of aryl methyl sites for hydroxylation is 2. The number of carbonyl (C=O) groups is 2. The normalized spacial score (nSPS) is 10.7. The van der Waals surface area contributed by atoms with Crippen LogP contribution in [0.5, 0.6) is 11.5 Å². The second kappa shape index (κ2) is 6.74. The van der Waals surface area contributed by atoms with Crippen molar-refractivity contribution in [1.82, 2.24) is 0 Å². The van der Waals surface area contributed by atoms with Crippen molar-refractivity contribution in [3.05, 3.63) is 58.1 Å². The molecular formula is C19H20O5. The number of esters is 1. The van der Waals surface area contributed by atoms with E-state index in [1.165, 1.54) is 18.2 Å². The maximum atomic E-state index is 12.7. The first kappa shape index (κ1) is 17.5. The Kier molecular flexibility index (Phi) is 4.93. The second-order valence-corrected chi connectivity index (χ2v) is 5.99. The van der Waals surface area contributed by atoms with Gasteiger partial charge in [-0.15, -0.1) is 0 Å². The summed E-state index contributed by atoms with van der Waals surface area (Å²) in [7, 11) is 0. The lowest BCUT2D eigenvalue weighted by Gasteiger charge is -2.11. The molecule has 24 heavy (non-hydrogen) atoms. The lowest BCUT2D eigenvalue weighted by atomic mass is 9.96. The number of phenols is 2. The molecule has 0 aliphatic heterocycles. The van der Waals surface area contributed by atoms with Crippen LogP contribution in [0.1, 0.15) is 51.3 Å². The molecule has 0 amide bonds. The molecule has 0 radical (unpaired) electrons. The Morgan fingerprint density at radius 3 is 2.29 bits per heavy atom. The van der Waals surface area contributed by atoms with Gasteiger partial charge in [0.1, 0.15) is 17.1 Å². The monoisotopic (exact) mass is 328 g/mol. The standard InChI is InChI=1S/C19H20O5/c1-10(2)24-19(23)14-9-13(5-6-16(14)20)18(22)15-8-11(3)7-12(4)17(15)21/h5-10,20-21H,1-4H3. The van der Waals surface area contributed by atoms with Crippen LogP contribution < -0.4 is 0 Å². The smallest absolute Gasteiger partial charge is 0.342 e. The number of phenolic OH excluding ortho intramolecular Hbond substituents is 2. The molecule has 0 bridgehead atoms. The Balaban J connectivity index is 2.46. The topological polar surface area (TPSA) is 83.8 Å². The first-order valence-corrected chi connectivity index (χ1v) is 7.59. The van der Waals surface area contributed by atoms with Gasteiger partial charge in [-0.3, -0.25) is 4.79 Å². The Morgan fingerprint density at radius 2 is 1.67 bits per heavy atom. The Labute approximate surface area is 140 Å². The van der Waals surface area contributed by atoms with Gasteiger partial charge in [0.05, 0.1) is 11.7 Å². The fourth-order valence-corrected chi connectivity index (χ4v) is 2.41. The predicted molar refractivity (Wildman–Crippen MR) is 89.7 cm³/mol. The lowest BCUT2D eigenvalue weighted by Crippen LogP contribution is -2.13. The minimum absolute atomic E-state index is 0.0848. The van der Waals surface area contributed by atoms with Crippen molar-refractivity contribution < 1.29 is 24.5 Å². The van der Waals surface area contributed by atoms with Crippen LogP contribution in [0.2, 0.25) is 0 Å². The molecule has 2 aromatic rings. The van der Waals surface area contributed by atoms with E-state index in [9.17, 15) is 19.8 Å². The highest BCUT2D eigenvalue weighted by atomic mass is 16.5. The Bertz CT molecular complexity index is 806. The minimum Gasteiger partial charge on any atom is -0.507 e. The van der Waals surface area contributed by atoms with Crippen LogP contribution in [-0.4, -0.2) is 28.1 Å². The van der Waals surface area contributed by atoms with Crippen LogP contribution >= 0.6 is 0 Å². The summed E-state index contributed by atoms with van der Waals surface area (Å²) >= 11 is 0. The van der Waals surface area contributed by atoms with Gasteiger partial charge in [-0.05, 0) is 63.1 Å². The Hall–Kier alpha value is -2.82. The molecule has 0 saturated carbocycles. The molecule has 2 rings (SSSR count). The zero-order chi connectivity index (χ0) is 18.0. The highest BCUT2D eigenvalue weighted by molar-refractivity contribution is 6.12. The van der Waals surface area contributed by atoms with Crippen molar-refractivity contribution >= 4 is 11.8 Å². The van der Waals surface area contributed by atoms with E-state index in [2.05, 4.69) is 0 Å². The zero-order valence-corrected chi connectivity index (χ0v) is 14.1. The number of carbonyl (C=O) groups excluding carboxylic acids is 2. The SMILES string of the molecule is Cc1cc(C)c(O)c(C(=O)c2ccc(O)c(C(=O)OC(C)C)c2)c1. The van der Waals surface area contributed by atoms with E-state index in [0.717, 1.165) is 5.56 Å². The largest absolute Gasteiger partial charge is 0.507 e. The van der Waals surface area contributed by atoms with Crippen molar-refractivity contribution in [2.45, 2.75) is 33.8 Å². The van der Waals surface area contributed by atoms with Gasteiger partial charge in [0.15, 0.2) is 5.78 Å². The highest BCUT2D eigenvalue weighted by Crippen LogP contribution is 2.28. The molecule has 2 aromatic carbocycles. The number of hydrogen-bond donors (Lipinski definition) is 2. The molecule has 0 saturated heterocycles. The van der Waals surface area contributed by atoms with Crippen LogP contribution in [0.15, 0.2) is 30.3 Å². The van der Waals surface area contributed by atoms with E-state index >= 15 is 0 Å². The molecule has 0 aliphatic rings. The molecule has 126 valence electrons. The number of ether oxygens (including phenoxy) is 1. The first-order chi connectivity index (χ1) is 11.2. The van der Waals surface area contributed by atoms with Gasteiger partial charge in [-0.25, -0.2) is 4.79 Å². The van der Waals surface area contributed by atoms with Crippen molar-refractivity contribution in [3.63, 3.8) is 0 Å². The molecule has 0 aliphatic carbocycles. The van der Waals surface area contributed by atoms with Gasteiger partial charge in [0.25, 0.3) is 0 Å². The van der Waals surface area contributed by atoms with Crippen molar-refractivity contribution in [3.8, 4) is 11.5 Å². The zero-order valence-electron chi connectivity index (χ0n) is 14.1. The van der Waals surface area contributed by atoms with Gasteiger partial charge in [-0.2, -0.15) is 0 Å². The van der Waals surface area contributed by atoms with Crippen LogP contribution in [0, 0.1) is 13.8 Å². The van der Waals surface area contributed by atoms with E-state index in [1.54, 1.807) is 32.9 Å². The van der Waals surface area contributed by atoms with Crippen molar-refractivity contribution in [2.75, 3.05) is 0 Å². The third-order valence-corrected chi connectivity index (χ3v) is 3.51. The maximum Gasteiger partial charge on any atom is 0.342 e. The molecule has 5 heteroatoms. The average Bonchev–Trinajstić information content (AvgIpc) is 2.49. The summed E-state index contributed by atoms with van der Waals surface area (Å²) in [6.45, 7) is 6.92. The second-order valence-electron chi connectivity index (χ2n) is 5.99. The highest BCUT2D eigenvalue weighted by Gasteiger charge is 2.20. The van der Waals surface area contributed by atoms with E-state index in [4.69, 9.17) is 4.74 Å². The van der Waals surface area contributed by atoms with Gasteiger partial charge < -0.3 is 14.9 Å². The summed E-state index contributed by atoms with van der Waals surface area (Å²) in [6, 6.07) is 7.31. The molecule has 0 heterocycles. The van der Waals surface area contributed by atoms with Gasteiger partial charge in [0.2, 0.25) is 0 Å². The average molecular weight is 328 g/mol. The summed E-state index contributed by atoms with van der Waals surface area (Å²) in [6.07, 6.45) is -0.347. The molecule has 5 nitrogen and oxygen atoms in total. The van der Waals surface area contributed by atoms with E-state index in [1.807, 2.05) is 6.92 Å². The van der Waals surface area contributed by atoms with E-state index in [-0.39, 0.29) is 34.3 Å². The van der Waals surface area contributed by atoms with Gasteiger partial charge in [0, 0.05) is 5.56 Å². The number of aromatic hydroxyl groups is 2. The number of ketones is 1. The molecule has 0 aromatic heterocycles. The summed E-state index contributed by atoms with van der Waals surface area (Å²) in [4.78, 5) is 24.7. The molecular weight excluding hydrogens is 308 g/mol. The maximum absolute atomic E-state index is 12.7. The lowest BCUT2D eigenvalue weighted by molar-refractivity contribution is 0.0374. The fourth-order valence-electron chi connectivity index (χ4n) is 2.41. The minimum atomic E-state index is -0.707. The third-order valence-electron chi connectivity index (χ3n) is 3.51. The molecule has 0 unspecified atom stereocenters. The van der Waals surface area contributed by atoms with E-state index < -0.39 is 11.8 Å². The number of benzene rings is 2. The summed E-state index contributed by atoms with van der Waals surface area (Å²) in [5.74, 6) is -1.49. The Morgan fingerprint density at radius 1 is 1.00 bits per heavy atom. The predicted octanol–water partition coefficient (Wildman–Crippen LogP) is 3.51. The summed E-state index contributed by atoms with van der Waals surface area (Å²) in [5.41, 5.74) is 1.69.